The largest absolute Gasteiger partial charge is 0.339 e. The molecule has 1 aromatic heterocycles. The van der Waals surface area contributed by atoms with Gasteiger partial charge in [0, 0.05) is 38.4 Å². The summed E-state index contributed by atoms with van der Waals surface area (Å²) in [6.45, 7) is 8.83. The molecule has 1 spiro atoms. The van der Waals surface area contributed by atoms with Crippen molar-refractivity contribution in [2.75, 3.05) is 33.2 Å². The predicted octanol–water partition coefficient (Wildman–Crippen LogP) is 3.55. The van der Waals surface area contributed by atoms with Gasteiger partial charge in [-0.2, -0.15) is 5.10 Å². The summed E-state index contributed by atoms with van der Waals surface area (Å²) in [7, 11) is 2.25. The molecular weight excluding hydrogens is 348 g/mol. The monoisotopic (exact) mass is 380 g/mol. The van der Waals surface area contributed by atoms with Gasteiger partial charge in [-0.05, 0) is 57.1 Å². The molecular formula is C23H32N4O. The van der Waals surface area contributed by atoms with E-state index in [1.54, 1.807) is 6.20 Å². The first-order valence-corrected chi connectivity index (χ1v) is 10.6. The third-order valence-corrected chi connectivity index (χ3v) is 6.83. The number of aromatic nitrogens is 2. The molecule has 1 atom stereocenters. The number of piperidine rings is 2. The molecule has 5 heteroatoms. The third kappa shape index (κ3) is 3.60. The van der Waals surface area contributed by atoms with Gasteiger partial charge in [-0.3, -0.25) is 9.48 Å². The summed E-state index contributed by atoms with van der Waals surface area (Å²) in [4.78, 5) is 17.6. The molecule has 0 unspecified atom stereocenters. The summed E-state index contributed by atoms with van der Waals surface area (Å²) in [6, 6.07) is 10.9. The summed E-state index contributed by atoms with van der Waals surface area (Å²) < 4.78 is 1.90. The second-order valence-electron chi connectivity index (χ2n) is 8.76. The van der Waals surface area contributed by atoms with Gasteiger partial charge in [0.05, 0.1) is 11.8 Å². The number of benzene rings is 1. The van der Waals surface area contributed by atoms with E-state index in [-0.39, 0.29) is 5.91 Å². The van der Waals surface area contributed by atoms with Gasteiger partial charge >= 0.3 is 0 Å². The van der Waals surface area contributed by atoms with E-state index in [9.17, 15) is 4.79 Å². The van der Waals surface area contributed by atoms with E-state index in [4.69, 9.17) is 0 Å². The van der Waals surface area contributed by atoms with E-state index >= 15 is 0 Å². The number of rotatable bonds is 3. The smallest absolute Gasteiger partial charge is 0.257 e. The highest BCUT2D eigenvalue weighted by atomic mass is 16.2. The number of hydrogen-bond acceptors (Lipinski definition) is 3. The highest BCUT2D eigenvalue weighted by Gasteiger charge is 2.42. The lowest BCUT2D eigenvalue weighted by atomic mass is 9.68. The minimum absolute atomic E-state index is 0.149. The van der Waals surface area contributed by atoms with Gasteiger partial charge in [0.2, 0.25) is 0 Å². The standard InChI is InChI=1S/C23H32N4O/c1-4-27-18(2)21(15-24-27)22(28)26-12-10-23(11-13-26)14-20(16-25(3)17-23)19-8-6-5-7-9-19/h5-9,15,20H,4,10-14,16-17H2,1-3H3/t20-/m0/s1. The van der Waals surface area contributed by atoms with Crippen molar-refractivity contribution in [1.29, 1.82) is 0 Å². The fraction of sp³-hybridized carbons (Fsp3) is 0.565. The van der Waals surface area contributed by atoms with Gasteiger partial charge in [-0.1, -0.05) is 30.3 Å². The lowest BCUT2D eigenvalue weighted by Gasteiger charge is -2.49. The summed E-state index contributed by atoms with van der Waals surface area (Å²) in [5.74, 6) is 0.739. The number of likely N-dealkylation sites (tertiary alicyclic amines) is 2. The van der Waals surface area contributed by atoms with E-state index < -0.39 is 0 Å². The summed E-state index contributed by atoms with van der Waals surface area (Å²) in [5, 5.41) is 4.35. The maximum absolute atomic E-state index is 13.0. The Morgan fingerprint density at radius 1 is 1.21 bits per heavy atom. The van der Waals surface area contributed by atoms with Crippen LogP contribution >= 0.6 is 0 Å². The van der Waals surface area contributed by atoms with Crippen molar-refractivity contribution in [2.24, 2.45) is 5.41 Å². The Morgan fingerprint density at radius 3 is 2.57 bits per heavy atom. The van der Waals surface area contributed by atoms with Crippen LogP contribution in [-0.2, 0) is 6.54 Å². The minimum Gasteiger partial charge on any atom is -0.339 e. The average Bonchev–Trinajstić information content (AvgIpc) is 3.08. The summed E-state index contributed by atoms with van der Waals surface area (Å²) >= 11 is 0. The highest BCUT2D eigenvalue weighted by Crippen LogP contribution is 2.44. The van der Waals surface area contributed by atoms with Gasteiger partial charge in [0.25, 0.3) is 5.91 Å². The molecule has 2 aromatic rings. The van der Waals surface area contributed by atoms with Crippen LogP contribution in [0.3, 0.4) is 0 Å². The Kier molecular flexibility index (Phi) is 5.28. The van der Waals surface area contributed by atoms with Crippen molar-refractivity contribution in [2.45, 2.75) is 45.6 Å². The first kappa shape index (κ1) is 19.2. The zero-order valence-corrected chi connectivity index (χ0v) is 17.4. The zero-order valence-electron chi connectivity index (χ0n) is 17.4. The summed E-state index contributed by atoms with van der Waals surface area (Å²) in [6.07, 6.45) is 5.16. The lowest BCUT2D eigenvalue weighted by Crippen LogP contribution is -2.51. The van der Waals surface area contributed by atoms with Crippen molar-refractivity contribution in [3.8, 4) is 0 Å². The molecule has 150 valence electrons. The van der Waals surface area contributed by atoms with Gasteiger partial charge < -0.3 is 9.80 Å². The Hall–Kier alpha value is -2.14. The van der Waals surface area contributed by atoms with Gasteiger partial charge in [0.1, 0.15) is 0 Å². The molecule has 0 radical (unpaired) electrons. The number of hydrogen-bond donors (Lipinski definition) is 0. The van der Waals surface area contributed by atoms with E-state index in [0.29, 0.717) is 11.3 Å². The van der Waals surface area contributed by atoms with Crippen LogP contribution in [-0.4, -0.2) is 58.7 Å². The molecule has 0 N–H and O–H groups in total. The van der Waals surface area contributed by atoms with E-state index in [1.165, 1.54) is 12.0 Å². The molecule has 2 aliphatic heterocycles. The van der Waals surface area contributed by atoms with Gasteiger partial charge in [-0.15, -0.1) is 0 Å². The topological polar surface area (TPSA) is 41.4 Å². The molecule has 2 fully saturated rings. The maximum atomic E-state index is 13.0. The molecule has 1 aromatic carbocycles. The lowest BCUT2D eigenvalue weighted by molar-refractivity contribution is 0.0224. The van der Waals surface area contributed by atoms with Crippen molar-refractivity contribution in [3.05, 3.63) is 53.3 Å². The fourth-order valence-corrected chi connectivity index (χ4v) is 5.31. The number of likely N-dealkylation sites (N-methyl/N-ethyl adjacent to an activating group) is 1. The van der Waals surface area contributed by atoms with Crippen molar-refractivity contribution in [1.82, 2.24) is 19.6 Å². The third-order valence-electron chi connectivity index (χ3n) is 6.83. The van der Waals surface area contributed by atoms with E-state index in [1.807, 2.05) is 16.5 Å². The first-order valence-electron chi connectivity index (χ1n) is 10.6. The molecule has 2 aliphatic rings. The molecule has 2 saturated heterocycles. The Morgan fingerprint density at radius 2 is 1.93 bits per heavy atom. The number of carbonyl (C=O) groups excluding carboxylic acids is 1. The Labute approximate surface area is 168 Å². The van der Waals surface area contributed by atoms with Crippen molar-refractivity contribution >= 4 is 5.91 Å². The van der Waals surface area contributed by atoms with Crippen LogP contribution in [0.5, 0.6) is 0 Å². The van der Waals surface area contributed by atoms with Crippen LogP contribution in [0.15, 0.2) is 36.5 Å². The number of aryl methyl sites for hydroxylation is 1. The summed E-state index contributed by atoms with van der Waals surface area (Å²) in [5.41, 5.74) is 3.53. The second kappa shape index (κ2) is 7.70. The first-order chi connectivity index (χ1) is 13.5. The highest BCUT2D eigenvalue weighted by molar-refractivity contribution is 5.95. The quantitative estimate of drug-likeness (QED) is 0.818. The molecule has 28 heavy (non-hydrogen) atoms. The number of carbonyl (C=O) groups is 1. The van der Waals surface area contributed by atoms with Crippen LogP contribution in [0.25, 0.3) is 0 Å². The molecule has 5 nitrogen and oxygen atoms in total. The number of amides is 1. The Balaban J connectivity index is 1.45. The van der Waals surface area contributed by atoms with Crippen LogP contribution in [0, 0.1) is 12.3 Å². The Bertz CT molecular complexity index is 820. The van der Waals surface area contributed by atoms with Crippen molar-refractivity contribution < 1.29 is 4.79 Å². The van der Waals surface area contributed by atoms with E-state index in [0.717, 1.165) is 56.8 Å². The van der Waals surface area contributed by atoms with Gasteiger partial charge in [-0.25, -0.2) is 0 Å². The van der Waals surface area contributed by atoms with Crippen LogP contribution in [0.2, 0.25) is 0 Å². The van der Waals surface area contributed by atoms with Gasteiger partial charge in [0.15, 0.2) is 0 Å². The van der Waals surface area contributed by atoms with Crippen LogP contribution < -0.4 is 0 Å². The molecule has 0 saturated carbocycles. The van der Waals surface area contributed by atoms with E-state index in [2.05, 4.69) is 54.3 Å². The number of nitrogens with zero attached hydrogens (tertiary/aromatic N) is 4. The molecule has 0 aliphatic carbocycles. The van der Waals surface area contributed by atoms with Crippen LogP contribution in [0.1, 0.15) is 53.7 Å². The maximum Gasteiger partial charge on any atom is 0.257 e. The molecule has 1 amide bonds. The van der Waals surface area contributed by atoms with Crippen molar-refractivity contribution in [3.63, 3.8) is 0 Å². The van der Waals surface area contributed by atoms with Crippen LogP contribution in [0.4, 0.5) is 0 Å². The second-order valence-corrected chi connectivity index (χ2v) is 8.76. The normalized spacial score (nSPS) is 22.5. The predicted molar refractivity (Wildman–Crippen MR) is 112 cm³/mol. The molecule has 4 rings (SSSR count). The fourth-order valence-electron chi connectivity index (χ4n) is 5.31. The average molecular weight is 381 g/mol. The molecule has 0 bridgehead atoms. The SMILES string of the molecule is CCn1ncc(C(=O)N2CCC3(CC2)C[C@H](c2ccccc2)CN(C)C3)c1C. The molecule has 3 heterocycles. The zero-order chi connectivity index (χ0) is 19.7. The minimum atomic E-state index is 0.149.